The van der Waals surface area contributed by atoms with Crippen molar-refractivity contribution < 1.29 is 9.13 Å². The molecule has 0 aromatic heterocycles. The average molecular weight is 207 g/mol. The number of aryl methyl sites for hydroxylation is 1. The Morgan fingerprint density at radius 1 is 1.53 bits per heavy atom. The summed E-state index contributed by atoms with van der Waals surface area (Å²) < 4.78 is 20.2. The number of anilines is 1. The van der Waals surface area contributed by atoms with Crippen LogP contribution in [0.4, 0.5) is 10.1 Å². The summed E-state index contributed by atoms with van der Waals surface area (Å²) in [7, 11) is 1.89. The SMILES string of the molecule is Cc1ccc2c(c1)[C@]1(F)CCO[C@@H]1N2C. The first-order valence-electron chi connectivity index (χ1n) is 5.27. The van der Waals surface area contributed by atoms with Gasteiger partial charge >= 0.3 is 0 Å². The van der Waals surface area contributed by atoms with Gasteiger partial charge in [-0.15, -0.1) is 0 Å². The minimum absolute atomic E-state index is 0.422. The lowest BCUT2D eigenvalue weighted by Gasteiger charge is -2.23. The van der Waals surface area contributed by atoms with Crippen LogP contribution in [0.5, 0.6) is 0 Å². The van der Waals surface area contributed by atoms with Crippen molar-refractivity contribution in [3.8, 4) is 0 Å². The Morgan fingerprint density at radius 3 is 3.13 bits per heavy atom. The van der Waals surface area contributed by atoms with Crippen LogP contribution in [0.1, 0.15) is 17.5 Å². The molecule has 1 saturated heterocycles. The number of hydrogen-bond donors (Lipinski definition) is 0. The molecule has 0 aliphatic carbocycles. The van der Waals surface area contributed by atoms with E-state index in [0.29, 0.717) is 13.0 Å². The average Bonchev–Trinajstić information content (AvgIpc) is 2.67. The van der Waals surface area contributed by atoms with Gasteiger partial charge in [0.25, 0.3) is 0 Å². The van der Waals surface area contributed by atoms with Gasteiger partial charge in [0.1, 0.15) is 0 Å². The molecule has 15 heavy (non-hydrogen) atoms. The minimum Gasteiger partial charge on any atom is -0.354 e. The van der Waals surface area contributed by atoms with Crippen LogP contribution < -0.4 is 4.90 Å². The predicted octanol–water partition coefficient (Wildman–Crippen LogP) is 2.36. The summed E-state index contributed by atoms with van der Waals surface area (Å²) in [5.41, 5.74) is 1.57. The Morgan fingerprint density at radius 2 is 2.33 bits per heavy atom. The van der Waals surface area contributed by atoms with Crippen molar-refractivity contribution in [2.75, 3.05) is 18.6 Å². The maximum atomic E-state index is 14.8. The van der Waals surface area contributed by atoms with Gasteiger partial charge in [-0.3, -0.25) is 0 Å². The third kappa shape index (κ3) is 1.01. The zero-order chi connectivity index (χ0) is 10.6. The molecule has 2 aliphatic heterocycles. The summed E-state index contributed by atoms with van der Waals surface area (Å²) in [6.07, 6.45) is 0.0487. The summed E-state index contributed by atoms with van der Waals surface area (Å²) in [6, 6.07) is 5.94. The monoisotopic (exact) mass is 207 g/mol. The number of alkyl halides is 1. The molecule has 2 heterocycles. The molecule has 1 fully saturated rings. The molecule has 3 rings (SSSR count). The van der Waals surface area contributed by atoms with Crippen LogP contribution in [0.15, 0.2) is 18.2 Å². The standard InChI is InChI=1S/C12H14FNO/c1-8-3-4-10-9(7-8)12(13)5-6-15-11(12)14(10)2/h3-4,7,11H,5-6H2,1-2H3/t11-,12+/m0/s1. The molecular weight excluding hydrogens is 193 g/mol. The second kappa shape index (κ2) is 2.73. The van der Waals surface area contributed by atoms with Gasteiger partial charge in [0, 0.05) is 24.7 Å². The van der Waals surface area contributed by atoms with E-state index in [1.165, 1.54) is 0 Å². The number of fused-ring (bicyclic) bond motifs is 3. The molecule has 2 atom stereocenters. The quantitative estimate of drug-likeness (QED) is 0.647. The van der Waals surface area contributed by atoms with Crippen LogP contribution in [0.2, 0.25) is 0 Å². The van der Waals surface area contributed by atoms with E-state index in [1.807, 2.05) is 37.1 Å². The fourth-order valence-corrected chi connectivity index (χ4v) is 2.68. The molecule has 0 saturated carbocycles. The van der Waals surface area contributed by atoms with Crippen LogP contribution in [-0.4, -0.2) is 19.9 Å². The number of likely N-dealkylation sites (N-methyl/N-ethyl adjacent to an activating group) is 1. The Bertz CT molecular complexity index is 420. The maximum absolute atomic E-state index is 14.8. The summed E-state index contributed by atoms with van der Waals surface area (Å²) >= 11 is 0. The van der Waals surface area contributed by atoms with E-state index in [0.717, 1.165) is 16.8 Å². The molecule has 2 nitrogen and oxygen atoms in total. The highest BCUT2D eigenvalue weighted by Gasteiger charge is 2.54. The van der Waals surface area contributed by atoms with Gasteiger partial charge in [-0.05, 0) is 13.0 Å². The van der Waals surface area contributed by atoms with E-state index in [-0.39, 0.29) is 0 Å². The number of halogens is 1. The minimum atomic E-state index is -1.30. The predicted molar refractivity (Wildman–Crippen MR) is 56.7 cm³/mol. The number of nitrogens with zero attached hydrogens (tertiary/aromatic N) is 1. The first-order valence-corrected chi connectivity index (χ1v) is 5.27. The second-order valence-corrected chi connectivity index (χ2v) is 4.47. The zero-order valence-corrected chi connectivity index (χ0v) is 8.96. The Hall–Kier alpha value is -1.09. The summed E-state index contributed by atoms with van der Waals surface area (Å²) in [5, 5.41) is 0. The molecule has 0 unspecified atom stereocenters. The molecule has 1 aromatic carbocycles. The van der Waals surface area contributed by atoms with E-state index in [1.54, 1.807) is 0 Å². The van der Waals surface area contributed by atoms with Crippen molar-refractivity contribution in [2.45, 2.75) is 25.2 Å². The van der Waals surface area contributed by atoms with Crippen LogP contribution >= 0.6 is 0 Å². The fraction of sp³-hybridized carbons (Fsp3) is 0.500. The highest BCUT2D eigenvalue weighted by atomic mass is 19.1. The summed E-state index contributed by atoms with van der Waals surface area (Å²) in [5.74, 6) is 0. The van der Waals surface area contributed by atoms with Crippen LogP contribution in [0, 0.1) is 6.92 Å². The number of ether oxygens (including phenoxy) is 1. The van der Waals surface area contributed by atoms with Gasteiger partial charge < -0.3 is 9.64 Å². The van der Waals surface area contributed by atoms with Crippen molar-refractivity contribution in [2.24, 2.45) is 0 Å². The number of hydrogen-bond acceptors (Lipinski definition) is 2. The van der Waals surface area contributed by atoms with Crippen LogP contribution in [0.25, 0.3) is 0 Å². The maximum Gasteiger partial charge on any atom is 0.184 e. The molecular formula is C12H14FNO. The largest absolute Gasteiger partial charge is 0.354 e. The molecule has 80 valence electrons. The van der Waals surface area contributed by atoms with Crippen molar-refractivity contribution >= 4 is 5.69 Å². The Kier molecular flexibility index (Phi) is 1.67. The third-order valence-corrected chi connectivity index (χ3v) is 3.46. The Labute approximate surface area is 88.6 Å². The molecule has 0 N–H and O–H groups in total. The highest BCUT2D eigenvalue weighted by Crippen LogP contribution is 2.51. The Balaban J connectivity index is 2.21. The van der Waals surface area contributed by atoms with E-state index in [2.05, 4.69) is 0 Å². The van der Waals surface area contributed by atoms with Crippen LogP contribution in [0.3, 0.4) is 0 Å². The van der Waals surface area contributed by atoms with Crippen molar-refractivity contribution in [1.29, 1.82) is 0 Å². The zero-order valence-electron chi connectivity index (χ0n) is 8.96. The fourth-order valence-electron chi connectivity index (χ4n) is 2.68. The van der Waals surface area contributed by atoms with Gasteiger partial charge in [0.15, 0.2) is 11.9 Å². The molecule has 0 amide bonds. The second-order valence-electron chi connectivity index (χ2n) is 4.47. The lowest BCUT2D eigenvalue weighted by atomic mass is 9.94. The van der Waals surface area contributed by atoms with E-state index < -0.39 is 11.9 Å². The molecule has 2 aliphatic rings. The van der Waals surface area contributed by atoms with Gasteiger partial charge in [-0.1, -0.05) is 17.7 Å². The topological polar surface area (TPSA) is 12.5 Å². The first-order chi connectivity index (χ1) is 7.13. The lowest BCUT2D eigenvalue weighted by molar-refractivity contribution is 0.0341. The van der Waals surface area contributed by atoms with Gasteiger partial charge in [0.05, 0.1) is 6.61 Å². The highest BCUT2D eigenvalue weighted by molar-refractivity contribution is 5.63. The molecule has 0 radical (unpaired) electrons. The normalized spacial score (nSPS) is 33.0. The smallest absolute Gasteiger partial charge is 0.184 e. The van der Waals surface area contributed by atoms with E-state index >= 15 is 0 Å². The number of benzene rings is 1. The summed E-state index contributed by atoms with van der Waals surface area (Å²) in [6.45, 7) is 2.51. The van der Waals surface area contributed by atoms with Crippen molar-refractivity contribution in [1.82, 2.24) is 0 Å². The molecule has 0 bridgehead atoms. The first kappa shape index (κ1) is 9.16. The van der Waals surface area contributed by atoms with Crippen LogP contribution in [-0.2, 0) is 10.4 Å². The molecule has 1 aromatic rings. The van der Waals surface area contributed by atoms with Gasteiger partial charge in [0.2, 0.25) is 0 Å². The molecule has 0 spiro atoms. The van der Waals surface area contributed by atoms with Gasteiger partial charge in [-0.25, -0.2) is 4.39 Å². The van der Waals surface area contributed by atoms with Crippen molar-refractivity contribution in [3.63, 3.8) is 0 Å². The number of rotatable bonds is 0. The summed E-state index contributed by atoms with van der Waals surface area (Å²) in [4.78, 5) is 1.90. The van der Waals surface area contributed by atoms with Crippen molar-refractivity contribution in [3.05, 3.63) is 29.3 Å². The van der Waals surface area contributed by atoms with E-state index in [9.17, 15) is 4.39 Å². The third-order valence-electron chi connectivity index (χ3n) is 3.46. The van der Waals surface area contributed by atoms with E-state index in [4.69, 9.17) is 4.74 Å². The van der Waals surface area contributed by atoms with Gasteiger partial charge in [-0.2, -0.15) is 0 Å². The lowest BCUT2D eigenvalue weighted by Crippen LogP contribution is -2.36. The molecule has 3 heteroatoms.